The Bertz CT molecular complexity index is 509. The van der Waals surface area contributed by atoms with Crippen molar-refractivity contribution in [2.75, 3.05) is 10.8 Å². The maximum atomic E-state index is 12.6. The highest BCUT2D eigenvalue weighted by molar-refractivity contribution is 7.94. The molecule has 1 aromatic rings. The first-order valence-corrected chi connectivity index (χ1v) is 6.49. The van der Waals surface area contributed by atoms with Crippen molar-refractivity contribution in [2.24, 2.45) is 0 Å². The fourth-order valence-electron chi connectivity index (χ4n) is 1.51. The van der Waals surface area contributed by atoms with E-state index in [2.05, 4.69) is 4.98 Å². The van der Waals surface area contributed by atoms with E-state index in [1.807, 2.05) is 0 Å². The Morgan fingerprint density at radius 1 is 1.05 bits per heavy atom. The van der Waals surface area contributed by atoms with Gasteiger partial charge in [0, 0.05) is 5.69 Å². The van der Waals surface area contributed by atoms with E-state index in [4.69, 9.17) is 0 Å². The second-order valence-corrected chi connectivity index (χ2v) is 5.21. The van der Waals surface area contributed by atoms with Crippen LogP contribution < -0.4 is 4.90 Å². The van der Waals surface area contributed by atoms with Gasteiger partial charge in [-0.25, -0.2) is 4.98 Å². The Morgan fingerprint density at radius 3 is 1.90 bits per heavy atom. The van der Waals surface area contributed by atoms with Gasteiger partial charge in [0.2, 0.25) is 5.88 Å². The first-order valence-electron chi connectivity index (χ1n) is 5.07. The third-order valence-electron chi connectivity index (χ3n) is 2.39. The van der Waals surface area contributed by atoms with Gasteiger partial charge < -0.3 is 0 Å². The molecule has 0 saturated carbocycles. The fourth-order valence-corrected chi connectivity index (χ4v) is 2.40. The van der Waals surface area contributed by atoms with Gasteiger partial charge in [0.15, 0.2) is 16.6 Å². The lowest BCUT2D eigenvalue weighted by atomic mass is 10.2. The molecule has 0 radical (unpaired) electrons. The van der Waals surface area contributed by atoms with Gasteiger partial charge in [-0.15, -0.1) is 0 Å². The van der Waals surface area contributed by atoms with Crippen LogP contribution in [0.2, 0.25) is 0 Å². The number of nitrogens with zero attached hydrogens (tertiary/aromatic N) is 2. The molecule has 1 aliphatic heterocycles. The molecule has 0 aromatic carbocycles. The average molecular weight is 317 g/mol. The van der Waals surface area contributed by atoms with E-state index in [1.165, 1.54) is 11.6 Å². The molecule has 2 heterocycles. The molecule has 1 aliphatic rings. The highest BCUT2D eigenvalue weighted by atomic mass is 32.2. The van der Waals surface area contributed by atoms with Crippen LogP contribution in [-0.4, -0.2) is 15.4 Å². The second-order valence-electron chi connectivity index (χ2n) is 3.88. The van der Waals surface area contributed by atoms with Crippen molar-refractivity contribution in [3.8, 4) is 0 Å². The maximum absolute atomic E-state index is 12.6. The smallest absolute Gasteiger partial charge is 0.298 e. The van der Waals surface area contributed by atoms with Gasteiger partial charge in [0.1, 0.15) is 11.4 Å². The van der Waals surface area contributed by atoms with Gasteiger partial charge in [-0.1, -0.05) is 0 Å². The minimum Gasteiger partial charge on any atom is -0.298 e. The zero-order valence-electron chi connectivity index (χ0n) is 9.53. The van der Waals surface area contributed by atoms with Crippen LogP contribution in [0.1, 0.15) is 11.4 Å². The number of anilines is 1. The van der Waals surface area contributed by atoms with Crippen LogP contribution in [0.4, 0.5) is 32.0 Å². The Labute approximate surface area is 112 Å². The minimum absolute atomic E-state index is 0.0847. The minimum atomic E-state index is -4.99. The summed E-state index contributed by atoms with van der Waals surface area (Å²) in [4.78, 5) is 3.71. The standard InChI is InChI=1S/C10H7F6N2OS/c11-9(12,13)7-3-6(18-1-2-20(19)5-18)4-8(17-7)10(14,15)16/h1-4,19H,5H2/q+1. The van der Waals surface area contributed by atoms with Crippen LogP contribution in [0, 0.1) is 0 Å². The van der Waals surface area contributed by atoms with E-state index in [9.17, 15) is 30.9 Å². The molecule has 3 nitrogen and oxygen atoms in total. The molecule has 0 spiro atoms. The zero-order valence-corrected chi connectivity index (χ0v) is 10.4. The molecule has 110 valence electrons. The molecule has 1 N–H and O–H groups in total. The van der Waals surface area contributed by atoms with Crippen LogP contribution in [0.5, 0.6) is 0 Å². The summed E-state index contributed by atoms with van der Waals surface area (Å²) in [5, 5.41) is 1.29. The molecule has 0 fully saturated rings. The summed E-state index contributed by atoms with van der Waals surface area (Å²) in [6, 6.07) is 1.03. The average Bonchev–Trinajstić information content (AvgIpc) is 2.73. The number of halogens is 6. The molecule has 20 heavy (non-hydrogen) atoms. The number of rotatable bonds is 1. The van der Waals surface area contributed by atoms with Gasteiger partial charge in [0.05, 0.1) is 6.20 Å². The summed E-state index contributed by atoms with van der Waals surface area (Å²) >= 11 is -1.20. The fraction of sp³-hybridized carbons (Fsp3) is 0.300. The van der Waals surface area contributed by atoms with Gasteiger partial charge >= 0.3 is 12.4 Å². The summed E-state index contributed by atoms with van der Waals surface area (Å²) in [7, 11) is 0. The maximum Gasteiger partial charge on any atom is 0.433 e. The lowest BCUT2D eigenvalue weighted by Crippen LogP contribution is -2.21. The molecule has 1 aromatic heterocycles. The first kappa shape index (κ1) is 15.0. The third-order valence-corrected chi connectivity index (χ3v) is 3.37. The predicted molar refractivity (Wildman–Crippen MR) is 60.7 cm³/mol. The van der Waals surface area contributed by atoms with Crippen molar-refractivity contribution < 1.29 is 30.9 Å². The summed E-state index contributed by atoms with van der Waals surface area (Å²) < 4.78 is 84.8. The largest absolute Gasteiger partial charge is 0.433 e. The zero-order chi connectivity index (χ0) is 15.1. The first-order chi connectivity index (χ1) is 9.07. The number of pyridine rings is 1. The molecule has 0 saturated heterocycles. The molecular weight excluding hydrogens is 310 g/mol. The lowest BCUT2D eigenvalue weighted by Gasteiger charge is -2.17. The van der Waals surface area contributed by atoms with Crippen LogP contribution in [0.15, 0.2) is 23.7 Å². The molecule has 0 amide bonds. The van der Waals surface area contributed by atoms with Gasteiger partial charge in [-0.2, -0.15) is 30.9 Å². The normalized spacial score (nSPS) is 19.8. The molecular formula is C10H7F6N2OS+. The van der Waals surface area contributed by atoms with Gasteiger partial charge in [0.25, 0.3) is 0 Å². The van der Waals surface area contributed by atoms with E-state index in [0.717, 1.165) is 4.90 Å². The van der Waals surface area contributed by atoms with Crippen molar-refractivity contribution in [2.45, 2.75) is 12.4 Å². The summed E-state index contributed by atoms with van der Waals surface area (Å²) in [5.74, 6) is -0.0847. The van der Waals surface area contributed by atoms with Crippen LogP contribution in [0.25, 0.3) is 0 Å². The molecule has 10 heteroatoms. The topological polar surface area (TPSA) is 36.4 Å². The highest BCUT2D eigenvalue weighted by Crippen LogP contribution is 2.36. The van der Waals surface area contributed by atoms with Crippen molar-refractivity contribution in [1.82, 2.24) is 4.98 Å². The van der Waals surface area contributed by atoms with E-state index < -0.39 is 34.9 Å². The second kappa shape index (κ2) is 4.85. The Kier molecular flexibility index (Phi) is 3.63. The van der Waals surface area contributed by atoms with Crippen molar-refractivity contribution in [3.63, 3.8) is 0 Å². The number of hydrogen-bond acceptors (Lipinski definition) is 3. The van der Waals surface area contributed by atoms with Crippen LogP contribution in [0.3, 0.4) is 0 Å². The van der Waals surface area contributed by atoms with Crippen LogP contribution in [-0.2, 0) is 23.5 Å². The van der Waals surface area contributed by atoms with Crippen molar-refractivity contribution in [3.05, 3.63) is 35.1 Å². The molecule has 0 aliphatic carbocycles. The summed E-state index contributed by atoms with van der Waals surface area (Å²) in [6.45, 7) is 0. The highest BCUT2D eigenvalue weighted by Gasteiger charge is 2.40. The monoisotopic (exact) mass is 317 g/mol. The number of hydrogen-bond donors (Lipinski definition) is 1. The summed E-state index contributed by atoms with van der Waals surface area (Å²) in [6.07, 6.45) is -8.74. The van der Waals surface area contributed by atoms with E-state index in [1.54, 1.807) is 0 Å². The number of aromatic nitrogens is 1. The van der Waals surface area contributed by atoms with Gasteiger partial charge in [-0.3, -0.25) is 4.90 Å². The third kappa shape index (κ3) is 3.18. The molecule has 1 unspecified atom stereocenters. The van der Waals surface area contributed by atoms with Gasteiger partial charge in [-0.05, 0) is 12.1 Å². The quantitative estimate of drug-likeness (QED) is 0.636. The van der Waals surface area contributed by atoms with Crippen molar-refractivity contribution >= 4 is 16.9 Å². The molecule has 0 bridgehead atoms. The predicted octanol–water partition coefficient (Wildman–Crippen LogP) is 3.46. The SMILES string of the molecule is O[S+]1C=CN(c2cc(C(F)(F)F)nc(C(F)(F)F)c2)C1. The lowest BCUT2D eigenvalue weighted by molar-refractivity contribution is -0.150. The van der Waals surface area contributed by atoms with E-state index in [-0.39, 0.29) is 11.6 Å². The van der Waals surface area contributed by atoms with E-state index >= 15 is 0 Å². The van der Waals surface area contributed by atoms with E-state index in [0.29, 0.717) is 12.1 Å². The molecule has 2 rings (SSSR count). The van der Waals surface area contributed by atoms with Crippen LogP contribution >= 0.6 is 0 Å². The molecule has 1 atom stereocenters. The Hall–Kier alpha value is -1.42. The Balaban J connectivity index is 2.49. The summed E-state index contributed by atoms with van der Waals surface area (Å²) in [5.41, 5.74) is -3.57. The number of alkyl halides is 6. The Morgan fingerprint density at radius 2 is 1.55 bits per heavy atom. The van der Waals surface area contributed by atoms with Crippen molar-refractivity contribution in [1.29, 1.82) is 0 Å².